The molecule has 0 aromatic rings. The molecule has 34 valence electrons. The van der Waals surface area contributed by atoms with Crippen molar-refractivity contribution in [2.75, 3.05) is 13.1 Å². The number of nitrogens with two attached hydrogens (primary N) is 2. The van der Waals surface area contributed by atoms with Crippen molar-refractivity contribution in [3.63, 3.8) is 0 Å². The van der Waals surface area contributed by atoms with E-state index in [2.05, 4.69) is 0 Å². The van der Waals surface area contributed by atoms with Gasteiger partial charge < -0.3 is 17.6 Å². The summed E-state index contributed by atoms with van der Waals surface area (Å²) in [7, 11) is 0. The topological polar surface area (TPSA) is 88.5 Å². The Labute approximate surface area is 31.9 Å². The molecule has 8 N–H and O–H groups in total. The minimum Gasteiger partial charge on any atom is -0.369 e. The molecule has 0 spiro atoms. The van der Waals surface area contributed by atoms with Gasteiger partial charge in [0.05, 0.1) is 0 Å². The fraction of sp³-hybridized carbons (Fsp3) is 1.00. The molecule has 0 atom stereocenters. The first-order valence-corrected chi connectivity index (χ1v) is 1.32. The summed E-state index contributed by atoms with van der Waals surface area (Å²) in [6.07, 6.45) is 0. The Kier molecular flexibility index (Phi) is 16.1. The van der Waals surface area contributed by atoms with Crippen LogP contribution >= 0.6 is 0 Å². The van der Waals surface area contributed by atoms with Crippen LogP contribution in [0.2, 0.25) is 0 Å². The van der Waals surface area contributed by atoms with Crippen LogP contribution in [-0.2, 0) is 0 Å². The van der Waals surface area contributed by atoms with Crippen LogP contribution in [-0.4, -0.2) is 13.1 Å². The second-order valence-electron chi connectivity index (χ2n) is 0.577. The molecule has 0 amide bonds. The number of rotatable bonds is 1. The molecule has 0 aromatic heterocycles. The van der Waals surface area contributed by atoms with Gasteiger partial charge in [0.2, 0.25) is 0 Å². The van der Waals surface area contributed by atoms with E-state index in [1.54, 1.807) is 0 Å². The van der Waals surface area contributed by atoms with Crippen molar-refractivity contribution in [3.8, 4) is 0 Å². The lowest BCUT2D eigenvalue weighted by molar-refractivity contribution is 0.976. The highest BCUT2D eigenvalue weighted by Crippen LogP contribution is 1.24. The van der Waals surface area contributed by atoms with Gasteiger partial charge in [-0.05, 0) is 0 Å². The molecule has 0 fully saturated rings. The molecule has 0 rings (SSSR count). The van der Waals surface area contributed by atoms with Gasteiger partial charge in [-0.1, -0.05) is 0 Å². The summed E-state index contributed by atoms with van der Waals surface area (Å²) in [6.45, 7) is 1.19. The van der Waals surface area contributed by atoms with Crippen LogP contribution in [0, 0.1) is 0 Å². The van der Waals surface area contributed by atoms with E-state index in [-0.39, 0.29) is 6.15 Å². The molecule has 0 saturated carbocycles. The van der Waals surface area contributed by atoms with E-state index < -0.39 is 0 Å². The van der Waals surface area contributed by atoms with Gasteiger partial charge in [-0.2, -0.15) is 0 Å². The summed E-state index contributed by atoms with van der Waals surface area (Å²) in [5, 5.41) is 0. The van der Waals surface area contributed by atoms with E-state index in [0.29, 0.717) is 13.1 Å². The Hall–Kier alpha value is -0.120. The lowest BCUT2D eigenvalue weighted by Crippen LogP contribution is -2.11. The van der Waals surface area contributed by atoms with E-state index in [9.17, 15) is 0 Å². The second kappa shape index (κ2) is 9.11. The van der Waals surface area contributed by atoms with E-state index >= 15 is 0 Å². The zero-order chi connectivity index (χ0) is 3.41. The summed E-state index contributed by atoms with van der Waals surface area (Å²) in [5.41, 5.74) is 9.81. The van der Waals surface area contributed by atoms with Gasteiger partial charge in [-0.15, -0.1) is 0 Å². The molecular weight excluding hydrogens is 66.0 g/mol. The highest BCUT2D eigenvalue weighted by molar-refractivity contribution is 4.26. The average Bonchev–Trinajstić information content (AvgIpc) is 1.37. The lowest BCUT2D eigenvalue weighted by Gasteiger charge is -1.72. The monoisotopic (exact) mass is 78.1 g/mol. The van der Waals surface area contributed by atoms with Crippen LogP contribution in [0.4, 0.5) is 0 Å². The van der Waals surface area contributed by atoms with Crippen LogP contribution < -0.4 is 17.6 Å². The molecule has 0 radical (unpaired) electrons. The Morgan fingerprint density at radius 3 is 1.20 bits per heavy atom. The smallest absolute Gasteiger partial charge is 0.00461 e. The Balaban J connectivity index is 0. The molecule has 0 saturated heterocycles. The number of hydrogen-bond acceptors (Lipinski definition) is 2. The third kappa shape index (κ3) is 17.7. The number of quaternary nitrogens is 1. The molecule has 0 aliphatic carbocycles. The maximum Gasteiger partial charge on any atom is 0.00461 e. The standard InChI is InChI=1S/C2H8N2.H3N/c3-1-2-4;/h1-4H2;1H3/p+1. The molecule has 3 nitrogen and oxygen atoms in total. The molecule has 0 aromatic carbocycles. The zero-order valence-corrected chi connectivity index (χ0v) is 3.57. The fourth-order valence-corrected chi connectivity index (χ4v) is 0. The minimum absolute atomic E-state index is 0. The minimum atomic E-state index is 0. The first-order chi connectivity index (χ1) is 1.91. The third-order valence-electron chi connectivity index (χ3n) is 0.167. The molecular formula is C2H12N3+. The summed E-state index contributed by atoms with van der Waals surface area (Å²) >= 11 is 0. The first-order valence-electron chi connectivity index (χ1n) is 1.32. The quantitative estimate of drug-likeness (QED) is 0.386. The van der Waals surface area contributed by atoms with Gasteiger partial charge in [-0.25, -0.2) is 0 Å². The average molecular weight is 78.1 g/mol. The molecule has 0 unspecified atom stereocenters. The third-order valence-corrected chi connectivity index (χ3v) is 0.167. The van der Waals surface area contributed by atoms with E-state index in [4.69, 9.17) is 11.5 Å². The summed E-state index contributed by atoms with van der Waals surface area (Å²) < 4.78 is 0. The summed E-state index contributed by atoms with van der Waals surface area (Å²) in [6, 6.07) is 0. The molecule has 0 aliphatic rings. The Morgan fingerprint density at radius 1 is 1.00 bits per heavy atom. The van der Waals surface area contributed by atoms with Gasteiger partial charge >= 0.3 is 0 Å². The Bertz CT molecular complexity index is 6.85. The van der Waals surface area contributed by atoms with E-state index in [1.165, 1.54) is 0 Å². The summed E-state index contributed by atoms with van der Waals surface area (Å²) in [5.74, 6) is 0. The van der Waals surface area contributed by atoms with Crippen LogP contribution in [0.1, 0.15) is 0 Å². The normalized spacial score (nSPS) is 6.00. The largest absolute Gasteiger partial charge is 0.369 e. The first kappa shape index (κ1) is 8.86. The molecule has 3 heteroatoms. The molecule has 0 bridgehead atoms. The van der Waals surface area contributed by atoms with Gasteiger partial charge in [0.25, 0.3) is 0 Å². The predicted octanol–water partition coefficient (Wildman–Crippen LogP) is -0.720. The molecule has 5 heavy (non-hydrogen) atoms. The van der Waals surface area contributed by atoms with Crippen molar-refractivity contribution in [1.29, 1.82) is 0 Å². The van der Waals surface area contributed by atoms with Crippen LogP contribution in [0.25, 0.3) is 0 Å². The SMILES string of the molecule is NCCN.[NH4+]. The van der Waals surface area contributed by atoms with Crippen molar-refractivity contribution >= 4 is 0 Å². The van der Waals surface area contributed by atoms with Crippen molar-refractivity contribution < 1.29 is 0 Å². The Morgan fingerprint density at radius 2 is 1.20 bits per heavy atom. The number of hydrogen-bond donors (Lipinski definition) is 3. The highest BCUT2D eigenvalue weighted by Gasteiger charge is 1.54. The second-order valence-corrected chi connectivity index (χ2v) is 0.577. The summed E-state index contributed by atoms with van der Waals surface area (Å²) in [4.78, 5) is 0. The molecule has 0 aliphatic heterocycles. The zero-order valence-electron chi connectivity index (χ0n) is 3.57. The van der Waals surface area contributed by atoms with Gasteiger partial charge in [0.15, 0.2) is 0 Å². The van der Waals surface area contributed by atoms with Crippen LogP contribution in [0.15, 0.2) is 0 Å². The maximum absolute atomic E-state index is 4.90. The van der Waals surface area contributed by atoms with Gasteiger partial charge in [-0.3, -0.25) is 0 Å². The van der Waals surface area contributed by atoms with Gasteiger partial charge in [0.1, 0.15) is 0 Å². The predicted molar refractivity (Wildman–Crippen MR) is 24.1 cm³/mol. The lowest BCUT2D eigenvalue weighted by atomic mass is 10.7. The van der Waals surface area contributed by atoms with Crippen molar-refractivity contribution in [3.05, 3.63) is 0 Å². The maximum atomic E-state index is 4.90. The molecule has 0 heterocycles. The van der Waals surface area contributed by atoms with Crippen molar-refractivity contribution in [2.24, 2.45) is 11.5 Å². The van der Waals surface area contributed by atoms with Crippen molar-refractivity contribution in [1.82, 2.24) is 6.15 Å². The van der Waals surface area contributed by atoms with E-state index in [0.717, 1.165) is 0 Å². The van der Waals surface area contributed by atoms with E-state index in [1.807, 2.05) is 0 Å². The van der Waals surface area contributed by atoms with Crippen LogP contribution in [0.3, 0.4) is 0 Å². The highest BCUT2D eigenvalue weighted by atomic mass is 14.6. The van der Waals surface area contributed by atoms with Gasteiger partial charge in [0, 0.05) is 13.1 Å². The van der Waals surface area contributed by atoms with Crippen LogP contribution in [0.5, 0.6) is 0 Å². The van der Waals surface area contributed by atoms with Crippen molar-refractivity contribution in [2.45, 2.75) is 0 Å². The fourth-order valence-electron chi connectivity index (χ4n) is 0.